The second-order valence-corrected chi connectivity index (χ2v) is 11.7. The van der Waals surface area contributed by atoms with Gasteiger partial charge in [-0.05, 0) is 73.1 Å². The predicted octanol–water partition coefficient (Wildman–Crippen LogP) is 11.4. The van der Waals surface area contributed by atoms with Gasteiger partial charge in [0, 0.05) is 16.5 Å². The standard InChI is InChI=1S/C41H30O/c1-41(2)35-18-10-11-19-37(35)42-38-25-24-30(26-36(38)41)27-20-22-29(23-21-27)40-34-17-9-7-15-32(34)31-14-6-8-16-33(31)39(40)28-12-4-3-5-13-28/h3-26H,1-2H3. The highest BCUT2D eigenvalue weighted by atomic mass is 16.5. The van der Waals surface area contributed by atoms with Gasteiger partial charge in [-0.2, -0.15) is 0 Å². The molecule has 0 amide bonds. The molecule has 1 heteroatoms. The molecular formula is C41H30O. The van der Waals surface area contributed by atoms with Gasteiger partial charge in [0.2, 0.25) is 0 Å². The molecule has 8 rings (SSSR count). The highest BCUT2D eigenvalue weighted by Gasteiger charge is 2.34. The lowest BCUT2D eigenvalue weighted by Crippen LogP contribution is -2.24. The van der Waals surface area contributed by atoms with Crippen molar-refractivity contribution in [1.29, 1.82) is 0 Å². The first-order valence-electron chi connectivity index (χ1n) is 14.6. The zero-order valence-electron chi connectivity index (χ0n) is 23.8. The Morgan fingerprint density at radius 3 is 1.52 bits per heavy atom. The molecular weight excluding hydrogens is 508 g/mol. The van der Waals surface area contributed by atoms with Gasteiger partial charge in [0.25, 0.3) is 0 Å². The van der Waals surface area contributed by atoms with Crippen LogP contribution < -0.4 is 4.74 Å². The highest BCUT2D eigenvalue weighted by molar-refractivity contribution is 6.21. The maximum atomic E-state index is 6.31. The Morgan fingerprint density at radius 2 is 0.857 bits per heavy atom. The highest BCUT2D eigenvalue weighted by Crippen LogP contribution is 2.49. The van der Waals surface area contributed by atoms with Crippen LogP contribution in [0.15, 0.2) is 146 Å². The summed E-state index contributed by atoms with van der Waals surface area (Å²) < 4.78 is 6.31. The molecule has 0 N–H and O–H groups in total. The van der Waals surface area contributed by atoms with Crippen molar-refractivity contribution < 1.29 is 4.74 Å². The van der Waals surface area contributed by atoms with Crippen LogP contribution >= 0.6 is 0 Å². The van der Waals surface area contributed by atoms with Crippen LogP contribution in [0.5, 0.6) is 11.5 Å². The van der Waals surface area contributed by atoms with Crippen molar-refractivity contribution in [3.8, 4) is 44.9 Å². The minimum absolute atomic E-state index is 0.144. The van der Waals surface area contributed by atoms with Crippen LogP contribution in [0.2, 0.25) is 0 Å². The van der Waals surface area contributed by atoms with E-state index in [0.717, 1.165) is 11.5 Å². The van der Waals surface area contributed by atoms with Crippen LogP contribution in [0.4, 0.5) is 0 Å². The quantitative estimate of drug-likeness (QED) is 0.203. The summed E-state index contributed by atoms with van der Waals surface area (Å²) >= 11 is 0. The van der Waals surface area contributed by atoms with E-state index in [9.17, 15) is 0 Å². The van der Waals surface area contributed by atoms with Gasteiger partial charge in [-0.1, -0.05) is 141 Å². The molecule has 7 aromatic rings. The zero-order valence-corrected chi connectivity index (χ0v) is 23.8. The molecule has 0 saturated carbocycles. The van der Waals surface area contributed by atoms with Gasteiger partial charge >= 0.3 is 0 Å². The first kappa shape index (κ1) is 24.6. The Bertz CT molecular complexity index is 2120. The van der Waals surface area contributed by atoms with Crippen molar-refractivity contribution in [2.24, 2.45) is 0 Å². The molecule has 0 atom stereocenters. The summed E-state index contributed by atoms with van der Waals surface area (Å²) in [6.45, 7) is 4.58. The van der Waals surface area contributed by atoms with Crippen molar-refractivity contribution in [3.63, 3.8) is 0 Å². The molecule has 200 valence electrons. The average molecular weight is 539 g/mol. The van der Waals surface area contributed by atoms with Crippen LogP contribution in [-0.2, 0) is 5.41 Å². The third kappa shape index (κ3) is 3.78. The van der Waals surface area contributed by atoms with Gasteiger partial charge in [-0.25, -0.2) is 0 Å². The van der Waals surface area contributed by atoms with Crippen LogP contribution in [0.1, 0.15) is 25.0 Å². The molecule has 0 saturated heterocycles. The number of fused-ring (bicyclic) bond motifs is 5. The summed E-state index contributed by atoms with van der Waals surface area (Å²) in [4.78, 5) is 0. The Morgan fingerprint density at radius 1 is 0.381 bits per heavy atom. The van der Waals surface area contributed by atoms with E-state index in [1.807, 2.05) is 6.07 Å². The molecule has 0 aliphatic carbocycles. The van der Waals surface area contributed by atoms with Crippen molar-refractivity contribution in [2.75, 3.05) is 0 Å². The SMILES string of the molecule is CC1(C)c2ccccc2Oc2ccc(-c3ccc(-c4c(-c5ccccc5)c5ccccc5c5ccccc45)cc3)cc21. The Balaban J connectivity index is 1.29. The first-order valence-corrected chi connectivity index (χ1v) is 14.6. The van der Waals surface area contributed by atoms with Gasteiger partial charge in [0.1, 0.15) is 11.5 Å². The fourth-order valence-electron chi connectivity index (χ4n) is 6.80. The molecule has 7 aromatic carbocycles. The van der Waals surface area contributed by atoms with E-state index in [1.54, 1.807) is 0 Å². The number of hydrogen-bond acceptors (Lipinski definition) is 1. The van der Waals surface area contributed by atoms with Crippen LogP contribution in [0, 0.1) is 0 Å². The lowest BCUT2D eigenvalue weighted by Gasteiger charge is -2.34. The van der Waals surface area contributed by atoms with Crippen molar-refractivity contribution in [1.82, 2.24) is 0 Å². The predicted molar refractivity (Wildman–Crippen MR) is 176 cm³/mol. The zero-order chi connectivity index (χ0) is 28.3. The maximum Gasteiger partial charge on any atom is 0.131 e. The van der Waals surface area contributed by atoms with E-state index in [1.165, 1.54) is 66.1 Å². The van der Waals surface area contributed by atoms with E-state index in [0.29, 0.717) is 0 Å². The largest absolute Gasteiger partial charge is 0.457 e. The lowest BCUT2D eigenvalue weighted by molar-refractivity contribution is 0.418. The molecule has 0 bridgehead atoms. The third-order valence-electron chi connectivity index (χ3n) is 8.94. The van der Waals surface area contributed by atoms with Gasteiger partial charge < -0.3 is 4.74 Å². The van der Waals surface area contributed by atoms with Crippen molar-refractivity contribution in [2.45, 2.75) is 19.3 Å². The van der Waals surface area contributed by atoms with Crippen LogP contribution in [-0.4, -0.2) is 0 Å². The number of para-hydroxylation sites is 1. The summed E-state index contributed by atoms with van der Waals surface area (Å²) in [6.07, 6.45) is 0. The molecule has 1 nitrogen and oxygen atoms in total. The Labute approximate surface area is 246 Å². The van der Waals surface area contributed by atoms with Crippen LogP contribution in [0.3, 0.4) is 0 Å². The van der Waals surface area contributed by atoms with E-state index in [2.05, 4.69) is 153 Å². The molecule has 42 heavy (non-hydrogen) atoms. The molecule has 1 heterocycles. The Kier molecular flexibility index (Phi) is 5.55. The molecule has 0 aromatic heterocycles. The second-order valence-electron chi connectivity index (χ2n) is 11.7. The second kappa shape index (κ2) is 9.46. The van der Waals surface area contributed by atoms with Crippen molar-refractivity contribution in [3.05, 3.63) is 157 Å². The van der Waals surface area contributed by atoms with Crippen molar-refractivity contribution >= 4 is 21.5 Å². The molecule has 0 spiro atoms. The first-order chi connectivity index (χ1) is 20.6. The van der Waals surface area contributed by atoms with Crippen LogP contribution in [0.25, 0.3) is 54.9 Å². The number of benzene rings is 7. The lowest BCUT2D eigenvalue weighted by atomic mass is 9.75. The fraction of sp³-hybridized carbons (Fsp3) is 0.0732. The average Bonchev–Trinajstić information content (AvgIpc) is 3.05. The van der Waals surface area contributed by atoms with E-state index in [-0.39, 0.29) is 5.41 Å². The molecule has 1 aliphatic rings. The molecule has 0 fully saturated rings. The topological polar surface area (TPSA) is 9.23 Å². The van der Waals surface area contributed by atoms with Gasteiger partial charge in [-0.15, -0.1) is 0 Å². The van der Waals surface area contributed by atoms with E-state index in [4.69, 9.17) is 4.74 Å². The smallest absolute Gasteiger partial charge is 0.131 e. The number of rotatable bonds is 3. The van der Waals surface area contributed by atoms with E-state index >= 15 is 0 Å². The summed E-state index contributed by atoms with van der Waals surface area (Å²) in [5, 5.41) is 5.12. The van der Waals surface area contributed by atoms with E-state index < -0.39 is 0 Å². The Hall–Kier alpha value is -5.14. The van der Waals surface area contributed by atoms with Gasteiger partial charge in [0.15, 0.2) is 0 Å². The molecule has 0 unspecified atom stereocenters. The van der Waals surface area contributed by atoms with Gasteiger partial charge in [-0.3, -0.25) is 0 Å². The summed E-state index contributed by atoms with van der Waals surface area (Å²) in [5.74, 6) is 1.89. The number of hydrogen-bond donors (Lipinski definition) is 0. The van der Waals surface area contributed by atoms with Gasteiger partial charge in [0.05, 0.1) is 0 Å². The maximum absolute atomic E-state index is 6.31. The normalized spacial score (nSPS) is 13.4. The molecule has 1 aliphatic heterocycles. The monoisotopic (exact) mass is 538 g/mol. The minimum Gasteiger partial charge on any atom is -0.457 e. The summed E-state index contributed by atoms with van der Waals surface area (Å²) in [7, 11) is 0. The number of ether oxygens (including phenoxy) is 1. The molecule has 0 radical (unpaired) electrons. The fourth-order valence-corrected chi connectivity index (χ4v) is 6.80. The third-order valence-corrected chi connectivity index (χ3v) is 8.94. The minimum atomic E-state index is -0.144. The summed E-state index contributed by atoms with van der Waals surface area (Å²) in [5.41, 5.74) is 9.70. The summed E-state index contributed by atoms with van der Waals surface area (Å²) in [6, 6.07) is 52.5.